The summed E-state index contributed by atoms with van der Waals surface area (Å²) in [5.74, 6) is -0.571. The summed E-state index contributed by atoms with van der Waals surface area (Å²) in [5, 5.41) is 3.32. The fourth-order valence-corrected chi connectivity index (χ4v) is 4.85. The molecule has 30 heavy (non-hydrogen) atoms. The molecular weight excluding hydrogens is 412 g/mol. The first kappa shape index (κ1) is 18.8. The van der Waals surface area contributed by atoms with Crippen molar-refractivity contribution in [1.29, 1.82) is 0 Å². The highest BCUT2D eigenvalue weighted by molar-refractivity contribution is 7.22. The molecule has 0 aliphatic heterocycles. The molecule has 0 radical (unpaired) electrons. The average Bonchev–Trinajstić information content (AvgIpc) is 3.31. The molecule has 1 amide bonds. The first-order chi connectivity index (χ1) is 14.5. The minimum atomic E-state index is -0.884. The molecule has 1 saturated carbocycles. The number of nitrogens with two attached hydrogens (primary N) is 1. The molecule has 3 aromatic heterocycles. The minimum Gasteiger partial charge on any atom is -0.382 e. The normalized spacial score (nSPS) is 19.4. The number of nitrogens with zero attached hydrogens (tertiary/aromatic N) is 5. The molecule has 1 fully saturated rings. The van der Waals surface area contributed by atoms with Gasteiger partial charge in [0.1, 0.15) is 11.3 Å². The van der Waals surface area contributed by atoms with Crippen LogP contribution >= 0.6 is 11.3 Å². The number of rotatable bonds is 3. The van der Waals surface area contributed by atoms with Gasteiger partial charge < -0.3 is 15.6 Å². The van der Waals surface area contributed by atoms with Crippen LogP contribution in [0.1, 0.15) is 31.7 Å². The second kappa shape index (κ2) is 7.24. The van der Waals surface area contributed by atoms with Gasteiger partial charge in [-0.25, -0.2) is 14.4 Å². The second-order valence-corrected chi connectivity index (χ2v) is 8.36. The molecule has 0 saturated heterocycles. The van der Waals surface area contributed by atoms with Gasteiger partial charge in [0, 0.05) is 12.0 Å². The average molecular weight is 429 g/mol. The van der Waals surface area contributed by atoms with E-state index in [1.54, 1.807) is 12.4 Å². The van der Waals surface area contributed by atoms with Gasteiger partial charge in [-0.1, -0.05) is 11.3 Å². The summed E-state index contributed by atoms with van der Waals surface area (Å²) in [4.78, 5) is 28.6. The molecule has 3 heterocycles. The lowest BCUT2D eigenvalue weighted by atomic mass is 9.85. The number of nitrogens with one attached hydrogen (secondary N) is 1. The molecule has 0 unspecified atom stereocenters. The summed E-state index contributed by atoms with van der Waals surface area (Å²) in [5.41, 5.74) is 7.13. The van der Waals surface area contributed by atoms with Crippen LogP contribution < -0.4 is 11.1 Å². The van der Waals surface area contributed by atoms with Crippen molar-refractivity contribution in [2.75, 3.05) is 11.1 Å². The molecule has 1 aliphatic carbocycles. The topological polar surface area (TPSA) is 112 Å². The third kappa shape index (κ3) is 3.34. The highest BCUT2D eigenvalue weighted by Gasteiger charge is 2.29. The summed E-state index contributed by atoms with van der Waals surface area (Å²) >= 11 is 1.25. The lowest BCUT2D eigenvalue weighted by Gasteiger charge is -2.28. The number of carbonyl (C=O) groups is 1. The predicted octanol–water partition coefficient (Wildman–Crippen LogP) is 3.67. The van der Waals surface area contributed by atoms with Crippen LogP contribution in [0.2, 0.25) is 0 Å². The number of aromatic nitrogens is 5. The van der Waals surface area contributed by atoms with Crippen LogP contribution in [0, 0.1) is 17.8 Å². The maximum absolute atomic E-state index is 13.6. The van der Waals surface area contributed by atoms with Crippen LogP contribution in [0.25, 0.3) is 21.4 Å². The largest absolute Gasteiger partial charge is 0.382 e. The van der Waals surface area contributed by atoms with Crippen molar-refractivity contribution in [2.24, 2.45) is 5.92 Å². The maximum atomic E-state index is 13.6. The smallest absolute Gasteiger partial charge is 0.312 e. The Kier molecular flexibility index (Phi) is 4.54. The van der Waals surface area contributed by atoms with Crippen LogP contribution in [-0.4, -0.2) is 30.4 Å². The second-order valence-electron chi connectivity index (χ2n) is 7.33. The Hall–Kier alpha value is -3.21. The summed E-state index contributed by atoms with van der Waals surface area (Å²) in [7, 11) is 0. The number of halogens is 2. The van der Waals surface area contributed by atoms with Crippen LogP contribution in [0.4, 0.5) is 19.7 Å². The quantitative estimate of drug-likeness (QED) is 0.481. The molecule has 0 bridgehead atoms. The number of thiazole rings is 1. The first-order valence-electron chi connectivity index (χ1n) is 9.50. The zero-order valence-electron chi connectivity index (χ0n) is 15.7. The zero-order chi connectivity index (χ0) is 20.8. The monoisotopic (exact) mass is 429 g/mol. The number of nitrogen functional groups attached to an aromatic ring is 1. The van der Waals surface area contributed by atoms with Crippen molar-refractivity contribution < 1.29 is 13.6 Å². The van der Waals surface area contributed by atoms with E-state index in [0.29, 0.717) is 39.4 Å². The van der Waals surface area contributed by atoms with Crippen LogP contribution in [0.3, 0.4) is 0 Å². The molecule has 0 atom stereocenters. The highest BCUT2D eigenvalue weighted by atomic mass is 32.1. The van der Waals surface area contributed by atoms with Crippen LogP contribution in [0.15, 0.2) is 24.5 Å². The number of benzene rings is 1. The van der Waals surface area contributed by atoms with Gasteiger partial charge in [-0.05, 0) is 43.9 Å². The van der Waals surface area contributed by atoms with Crippen molar-refractivity contribution in [3.63, 3.8) is 0 Å². The van der Waals surface area contributed by atoms with Crippen molar-refractivity contribution in [2.45, 2.75) is 31.7 Å². The van der Waals surface area contributed by atoms with Gasteiger partial charge in [0.2, 0.25) is 5.91 Å². The van der Waals surface area contributed by atoms with E-state index in [1.165, 1.54) is 23.5 Å². The molecule has 3 N–H and O–H groups in total. The lowest BCUT2D eigenvalue weighted by molar-refractivity contribution is -0.120. The molecule has 154 valence electrons. The van der Waals surface area contributed by atoms with Crippen LogP contribution in [-0.2, 0) is 4.79 Å². The van der Waals surface area contributed by atoms with E-state index in [0.717, 1.165) is 12.8 Å². The molecule has 1 aromatic carbocycles. The molecule has 1 aliphatic rings. The van der Waals surface area contributed by atoms with Gasteiger partial charge in [-0.3, -0.25) is 4.79 Å². The highest BCUT2D eigenvalue weighted by Crippen LogP contribution is 2.35. The van der Waals surface area contributed by atoms with Gasteiger partial charge in [0.05, 0.1) is 16.5 Å². The Labute approximate surface area is 173 Å². The number of amides is 1. The Morgan fingerprint density at radius 1 is 1.17 bits per heavy atom. The molecular formula is C19H17F2N7OS. The van der Waals surface area contributed by atoms with Crippen molar-refractivity contribution in [3.05, 3.63) is 36.4 Å². The standard InChI is InChI=1S/C19H17F2N7OS/c20-10-3-6-12-13(7-10)30-19(24-12)27-17(29)9-1-4-11(5-2-9)28-8-23-14-15(22)25-18(21)26-16(14)28/h3,6-9,11H,1-2,4-5H2,(H2,22,25,26)(H,24,27,29). The number of fused-ring (bicyclic) bond motifs is 2. The Balaban J connectivity index is 1.27. The van der Waals surface area contributed by atoms with E-state index in [9.17, 15) is 13.6 Å². The van der Waals surface area contributed by atoms with E-state index in [4.69, 9.17) is 5.73 Å². The fraction of sp³-hybridized carbons (Fsp3) is 0.316. The summed E-state index contributed by atoms with van der Waals surface area (Å²) in [6.45, 7) is 0. The third-order valence-electron chi connectivity index (χ3n) is 5.46. The SMILES string of the molecule is Nc1nc(F)nc2c1ncn2C1CCC(C(=O)Nc2nc3ccc(F)cc3s2)CC1. The molecule has 5 rings (SSSR count). The maximum Gasteiger partial charge on any atom is 0.312 e. The van der Waals surface area contributed by atoms with Gasteiger partial charge >= 0.3 is 6.08 Å². The Bertz CT molecular complexity index is 1260. The van der Waals surface area contributed by atoms with E-state index >= 15 is 0 Å². The third-order valence-corrected chi connectivity index (χ3v) is 6.40. The number of hydrogen-bond donors (Lipinski definition) is 2. The number of imidazole rings is 1. The van der Waals surface area contributed by atoms with Crippen molar-refractivity contribution in [1.82, 2.24) is 24.5 Å². The molecule has 4 aromatic rings. The van der Waals surface area contributed by atoms with Gasteiger partial charge in [0.25, 0.3) is 0 Å². The van der Waals surface area contributed by atoms with E-state index < -0.39 is 6.08 Å². The number of carbonyl (C=O) groups excluding carboxylic acids is 1. The molecule has 11 heteroatoms. The number of hydrogen-bond acceptors (Lipinski definition) is 7. The van der Waals surface area contributed by atoms with Crippen LogP contribution in [0.5, 0.6) is 0 Å². The van der Waals surface area contributed by atoms with Gasteiger partial charge in [-0.15, -0.1) is 0 Å². The van der Waals surface area contributed by atoms with E-state index in [1.807, 2.05) is 4.57 Å². The lowest BCUT2D eigenvalue weighted by Crippen LogP contribution is -2.28. The van der Waals surface area contributed by atoms with Crippen molar-refractivity contribution >= 4 is 49.6 Å². The van der Waals surface area contributed by atoms with E-state index in [2.05, 4.69) is 25.3 Å². The summed E-state index contributed by atoms with van der Waals surface area (Å²) in [6, 6.07) is 4.40. The first-order valence-corrected chi connectivity index (χ1v) is 10.3. The minimum absolute atomic E-state index is 0.0139. The Morgan fingerprint density at radius 3 is 2.77 bits per heavy atom. The molecule has 0 spiro atoms. The summed E-state index contributed by atoms with van der Waals surface area (Å²) in [6.07, 6.45) is 3.49. The summed E-state index contributed by atoms with van der Waals surface area (Å²) < 4.78 is 29.4. The Morgan fingerprint density at radius 2 is 1.97 bits per heavy atom. The van der Waals surface area contributed by atoms with E-state index in [-0.39, 0.29) is 29.5 Å². The van der Waals surface area contributed by atoms with Crippen molar-refractivity contribution in [3.8, 4) is 0 Å². The molecule has 8 nitrogen and oxygen atoms in total. The van der Waals surface area contributed by atoms with Gasteiger partial charge in [-0.2, -0.15) is 14.4 Å². The fourth-order valence-electron chi connectivity index (χ4n) is 3.95. The predicted molar refractivity (Wildman–Crippen MR) is 109 cm³/mol. The van der Waals surface area contributed by atoms with Gasteiger partial charge in [0.15, 0.2) is 16.6 Å². The number of anilines is 2. The zero-order valence-corrected chi connectivity index (χ0v) is 16.5.